The van der Waals surface area contributed by atoms with Crippen LogP contribution in [0.25, 0.3) is 5.70 Å². The van der Waals surface area contributed by atoms with Crippen molar-refractivity contribution in [3.05, 3.63) is 76.8 Å². The number of rotatable bonds is 7. The molecule has 0 aliphatic carbocycles. The van der Waals surface area contributed by atoms with Gasteiger partial charge in [0.05, 0.1) is 16.1 Å². The summed E-state index contributed by atoms with van der Waals surface area (Å²) in [4.78, 5) is 31.5. The Morgan fingerprint density at radius 2 is 1.94 bits per heavy atom. The molecule has 168 valence electrons. The Balaban J connectivity index is 1.92. The Bertz CT molecular complexity index is 1060. The minimum atomic E-state index is -0.263. The molecule has 0 aromatic heterocycles. The molecular weight excluding hydrogens is 422 g/mol. The van der Waals surface area contributed by atoms with Crippen molar-refractivity contribution in [3.8, 4) is 0 Å². The first kappa shape index (κ1) is 23.7. The lowest BCUT2D eigenvalue weighted by atomic mass is 9.78. The van der Waals surface area contributed by atoms with Gasteiger partial charge in [-0.15, -0.1) is 0 Å². The summed E-state index contributed by atoms with van der Waals surface area (Å²) in [6.45, 7) is 13.0. The van der Waals surface area contributed by atoms with Crippen molar-refractivity contribution >= 4 is 34.9 Å². The molecule has 0 saturated carbocycles. The number of nitrogens with zero attached hydrogens (tertiary/aromatic N) is 2. The van der Waals surface area contributed by atoms with Gasteiger partial charge in [-0.3, -0.25) is 9.59 Å². The van der Waals surface area contributed by atoms with E-state index in [-0.39, 0.29) is 23.1 Å². The molecule has 0 spiro atoms. The molecule has 3 rings (SSSR count). The highest BCUT2D eigenvalue weighted by atomic mass is 35.5. The molecule has 0 radical (unpaired) electrons. The molecular formula is C26H30ClN3O2. The number of hydrogen-bond donors (Lipinski definition) is 1. The third-order valence-electron chi connectivity index (χ3n) is 5.90. The number of β-lactam (4-membered cyclic amide) rings is 1. The van der Waals surface area contributed by atoms with Crippen LogP contribution in [0.3, 0.4) is 0 Å². The molecule has 1 heterocycles. The third kappa shape index (κ3) is 5.10. The first-order valence-corrected chi connectivity index (χ1v) is 11.2. The first-order chi connectivity index (χ1) is 15.1. The van der Waals surface area contributed by atoms with E-state index < -0.39 is 0 Å². The highest BCUT2D eigenvalue weighted by Gasteiger charge is 2.46. The van der Waals surface area contributed by atoms with E-state index in [2.05, 4.69) is 16.9 Å². The Morgan fingerprint density at radius 1 is 1.25 bits per heavy atom. The van der Waals surface area contributed by atoms with Gasteiger partial charge in [-0.05, 0) is 36.6 Å². The standard InChI is InChI=1S/C26H30ClN3O2/c1-6-26(5)16-30(25(26)32)15-19-12-13-22(27)21(14-19)23(29-24(31)17(2)3)28-18(4)20-10-8-7-9-11-20/h7-14,17H,4,6,15-16H2,1-3,5H3,(H,28,29,31). The predicted molar refractivity (Wildman–Crippen MR) is 130 cm³/mol. The second kappa shape index (κ2) is 9.70. The zero-order valence-electron chi connectivity index (χ0n) is 19.1. The number of amides is 2. The van der Waals surface area contributed by atoms with Crippen molar-refractivity contribution in [2.75, 3.05) is 6.54 Å². The lowest BCUT2D eigenvalue weighted by molar-refractivity contribution is -0.159. The van der Waals surface area contributed by atoms with Gasteiger partial charge in [0.15, 0.2) is 0 Å². The molecule has 2 aromatic carbocycles. The van der Waals surface area contributed by atoms with Crippen molar-refractivity contribution in [2.24, 2.45) is 16.3 Å². The Hall–Kier alpha value is -2.92. The Morgan fingerprint density at radius 3 is 2.53 bits per heavy atom. The van der Waals surface area contributed by atoms with Crippen molar-refractivity contribution in [1.82, 2.24) is 10.2 Å². The number of hydrogen-bond acceptors (Lipinski definition) is 3. The molecule has 1 atom stereocenters. The van der Waals surface area contributed by atoms with Gasteiger partial charge in [0.2, 0.25) is 11.8 Å². The van der Waals surface area contributed by atoms with E-state index in [4.69, 9.17) is 11.6 Å². The van der Waals surface area contributed by atoms with Crippen LogP contribution in [0.1, 0.15) is 50.8 Å². The van der Waals surface area contributed by atoms with E-state index >= 15 is 0 Å². The maximum absolute atomic E-state index is 12.5. The summed E-state index contributed by atoms with van der Waals surface area (Å²) in [6, 6.07) is 15.1. The Kier molecular flexibility index (Phi) is 7.19. The number of nitrogens with one attached hydrogen (secondary N) is 1. The van der Waals surface area contributed by atoms with E-state index in [0.29, 0.717) is 28.7 Å². The monoisotopic (exact) mass is 451 g/mol. The van der Waals surface area contributed by atoms with Crippen LogP contribution in [-0.4, -0.2) is 29.1 Å². The third-order valence-corrected chi connectivity index (χ3v) is 6.23. The minimum Gasteiger partial charge on any atom is -0.337 e. The Labute approximate surface area is 195 Å². The zero-order chi connectivity index (χ0) is 23.5. The molecule has 1 saturated heterocycles. The maximum atomic E-state index is 12.5. The summed E-state index contributed by atoms with van der Waals surface area (Å²) in [5.74, 6) is 0.119. The van der Waals surface area contributed by atoms with E-state index in [1.807, 2.05) is 75.1 Å². The van der Waals surface area contributed by atoms with E-state index in [1.165, 1.54) is 0 Å². The first-order valence-electron chi connectivity index (χ1n) is 10.9. The van der Waals surface area contributed by atoms with Crippen LogP contribution < -0.4 is 5.32 Å². The van der Waals surface area contributed by atoms with Gasteiger partial charge in [0.1, 0.15) is 5.84 Å². The van der Waals surface area contributed by atoms with Gasteiger partial charge in [-0.2, -0.15) is 0 Å². The number of halogens is 1. The average molecular weight is 452 g/mol. The number of carbonyl (C=O) groups excluding carboxylic acids is 2. The molecule has 1 aliphatic rings. The normalized spacial score (nSPS) is 18.5. The second-order valence-corrected chi connectivity index (χ2v) is 9.21. The van der Waals surface area contributed by atoms with E-state index in [9.17, 15) is 9.59 Å². The van der Waals surface area contributed by atoms with Gasteiger partial charge in [-0.25, -0.2) is 4.99 Å². The number of likely N-dealkylation sites (tertiary alicyclic amines) is 1. The molecule has 2 aromatic rings. The van der Waals surface area contributed by atoms with Crippen LogP contribution in [0.2, 0.25) is 5.02 Å². The van der Waals surface area contributed by atoms with Gasteiger partial charge in [0.25, 0.3) is 0 Å². The van der Waals surface area contributed by atoms with Crippen molar-refractivity contribution in [2.45, 2.75) is 40.7 Å². The number of amidine groups is 1. The molecule has 1 fully saturated rings. The predicted octanol–water partition coefficient (Wildman–Crippen LogP) is 5.29. The lowest BCUT2D eigenvalue weighted by Crippen LogP contribution is -2.58. The van der Waals surface area contributed by atoms with Crippen LogP contribution >= 0.6 is 11.6 Å². The van der Waals surface area contributed by atoms with Crippen LogP contribution in [0.5, 0.6) is 0 Å². The minimum absolute atomic E-state index is 0.163. The largest absolute Gasteiger partial charge is 0.337 e. The smallest absolute Gasteiger partial charge is 0.230 e. The van der Waals surface area contributed by atoms with Crippen molar-refractivity contribution in [3.63, 3.8) is 0 Å². The topological polar surface area (TPSA) is 61.8 Å². The van der Waals surface area contributed by atoms with Gasteiger partial charge in [-0.1, -0.05) is 75.3 Å². The fourth-order valence-electron chi connectivity index (χ4n) is 3.56. The van der Waals surface area contributed by atoms with Gasteiger partial charge in [0, 0.05) is 24.6 Å². The molecule has 32 heavy (non-hydrogen) atoms. The summed E-state index contributed by atoms with van der Waals surface area (Å²) < 4.78 is 0. The number of aliphatic imine (C=N–C) groups is 1. The van der Waals surface area contributed by atoms with E-state index in [1.54, 1.807) is 6.07 Å². The molecule has 1 aliphatic heterocycles. The van der Waals surface area contributed by atoms with Crippen LogP contribution in [-0.2, 0) is 16.1 Å². The highest BCUT2D eigenvalue weighted by molar-refractivity contribution is 6.34. The van der Waals surface area contributed by atoms with E-state index in [0.717, 1.165) is 24.1 Å². The van der Waals surface area contributed by atoms with Crippen LogP contribution in [0, 0.1) is 11.3 Å². The fourth-order valence-corrected chi connectivity index (χ4v) is 3.77. The summed E-state index contributed by atoms with van der Waals surface area (Å²) in [7, 11) is 0. The summed E-state index contributed by atoms with van der Waals surface area (Å²) in [5, 5.41) is 3.36. The SMILES string of the molecule is C=C(N=C(NC(=O)C(C)C)c1cc(CN2CC(C)(CC)C2=O)ccc1Cl)c1ccccc1. The maximum Gasteiger partial charge on any atom is 0.230 e. The quantitative estimate of drug-likeness (QED) is 0.353. The van der Waals surface area contributed by atoms with Crippen LogP contribution in [0.4, 0.5) is 0 Å². The van der Waals surface area contributed by atoms with Crippen molar-refractivity contribution < 1.29 is 9.59 Å². The summed E-state index contributed by atoms with van der Waals surface area (Å²) in [6.07, 6.45) is 0.827. The van der Waals surface area contributed by atoms with Crippen LogP contribution in [0.15, 0.2) is 60.1 Å². The number of carbonyl (C=O) groups is 2. The molecule has 0 bridgehead atoms. The molecule has 1 N–H and O–H groups in total. The fraction of sp³-hybridized carbons (Fsp3) is 0.346. The number of benzene rings is 2. The van der Waals surface area contributed by atoms with Gasteiger partial charge < -0.3 is 10.2 Å². The molecule has 6 heteroatoms. The van der Waals surface area contributed by atoms with Gasteiger partial charge >= 0.3 is 0 Å². The molecule has 5 nitrogen and oxygen atoms in total. The molecule has 1 unspecified atom stereocenters. The summed E-state index contributed by atoms with van der Waals surface area (Å²) >= 11 is 6.52. The summed E-state index contributed by atoms with van der Waals surface area (Å²) in [5.41, 5.74) is 2.62. The second-order valence-electron chi connectivity index (χ2n) is 8.81. The van der Waals surface area contributed by atoms with Crippen molar-refractivity contribution in [1.29, 1.82) is 0 Å². The molecule has 2 amide bonds. The zero-order valence-corrected chi connectivity index (χ0v) is 19.9. The average Bonchev–Trinajstić information content (AvgIpc) is 2.79. The lowest BCUT2D eigenvalue weighted by Gasteiger charge is -2.46. The highest BCUT2D eigenvalue weighted by Crippen LogP contribution is 2.36.